The highest BCUT2D eigenvalue weighted by atomic mass is 32.2. The van der Waals surface area contributed by atoms with Crippen molar-refractivity contribution in [2.45, 2.75) is 22.8 Å². The Morgan fingerprint density at radius 1 is 1.05 bits per heavy atom. The van der Waals surface area contributed by atoms with E-state index in [9.17, 15) is 22.6 Å². The van der Waals surface area contributed by atoms with Crippen LogP contribution in [-0.4, -0.2) is 40.9 Å². The van der Waals surface area contributed by atoms with Gasteiger partial charge in [-0.2, -0.15) is 28.9 Å². The number of pyridine rings is 1. The van der Waals surface area contributed by atoms with E-state index < -0.39 is 32.7 Å². The molecule has 3 aromatic rings. The molecule has 0 bridgehead atoms. The van der Waals surface area contributed by atoms with Gasteiger partial charge < -0.3 is 5.32 Å². The van der Waals surface area contributed by atoms with Gasteiger partial charge in [0.15, 0.2) is 5.78 Å². The smallest absolute Gasteiger partial charge is 0.296 e. The highest BCUT2D eigenvalue weighted by molar-refractivity contribution is 7.94. The maximum atomic E-state index is 12.5. The number of azo groups is 2. The van der Waals surface area contributed by atoms with Crippen molar-refractivity contribution >= 4 is 56.6 Å². The van der Waals surface area contributed by atoms with Crippen LogP contribution in [0.3, 0.4) is 0 Å². The Kier molecular flexibility index (Phi) is 9.61. The second-order valence-corrected chi connectivity index (χ2v) is 9.17. The molecule has 2 aromatic carbocycles. The molecule has 0 saturated carbocycles. The molecular weight excluding hydrogens is 528 g/mol. The lowest BCUT2D eigenvalue weighted by Gasteiger charge is -2.09. The van der Waals surface area contributed by atoms with Crippen LogP contribution in [0.1, 0.15) is 6.92 Å². The van der Waals surface area contributed by atoms with Gasteiger partial charge in [-0.05, 0) is 61.5 Å². The first-order valence-corrected chi connectivity index (χ1v) is 12.3. The summed E-state index contributed by atoms with van der Waals surface area (Å²) in [5.41, 5.74) is 0.451. The molecule has 0 aliphatic rings. The van der Waals surface area contributed by atoms with Crippen LogP contribution in [0.2, 0.25) is 0 Å². The lowest BCUT2D eigenvalue weighted by molar-refractivity contribution is -0.432. The van der Waals surface area contributed by atoms with Crippen molar-refractivity contribution in [1.29, 1.82) is 0 Å². The van der Waals surface area contributed by atoms with E-state index in [2.05, 4.69) is 40.1 Å². The minimum Gasteiger partial charge on any atom is -0.322 e. The van der Waals surface area contributed by atoms with Crippen LogP contribution in [0.15, 0.2) is 97.2 Å². The Labute approximate surface area is 214 Å². The van der Waals surface area contributed by atoms with E-state index in [1.54, 1.807) is 36.4 Å². The molecule has 1 heterocycles. The Balaban J connectivity index is 1.82. The number of carbonyl (C=O) groups excluding carboxylic acids is 2. The number of rotatable bonds is 11. The lowest BCUT2D eigenvalue weighted by Crippen LogP contribution is -2.31. The summed E-state index contributed by atoms with van der Waals surface area (Å²) in [4.78, 5) is 28.2. The van der Waals surface area contributed by atoms with Gasteiger partial charge >= 0.3 is 0 Å². The summed E-state index contributed by atoms with van der Waals surface area (Å²) in [7, 11) is -4.79. The first-order chi connectivity index (χ1) is 17.7. The quantitative estimate of drug-likeness (QED) is 0.0745. The summed E-state index contributed by atoms with van der Waals surface area (Å²) in [6.07, 6.45) is 2.86. The van der Waals surface area contributed by atoms with Crippen LogP contribution in [0.5, 0.6) is 0 Å². The topological polar surface area (TPSA) is 202 Å². The number of aromatic nitrogens is 1. The van der Waals surface area contributed by atoms with Gasteiger partial charge in [-0.25, -0.2) is 5.26 Å². The molecule has 16 heteroatoms. The molecule has 1 aromatic heterocycles. The van der Waals surface area contributed by atoms with E-state index in [1.165, 1.54) is 24.5 Å². The zero-order chi connectivity index (χ0) is 26.8. The Bertz CT molecular complexity index is 1420. The zero-order valence-corrected chi connectivity index (χ0v) is 20.5. The predicted molar refractivity (Wildman–Crippen MR) is 129 cm³/mol. The number of hydrogen-bond acceptors (Lipinski definition) is 13. The van der Waals surface area contributed by atoms with Crippen LogP contribution >= 0.6 is 12.0 Å². The highest BCUT2D eigenvalue weighted by Crippen LogP contribution is 2.31. The van der Waals surface area contributed by atoms with Crippen molar-refractivity contribution in [2.24, 2.45) is 20.5 Å². The monoisotopic (exact) mass is 546 g/mol. The van der Waals surface area contributed by atoms with E-state index in [-0.39, 0.29) is 11.4 Å². The van der Waals surface area contributed by atoms with Crippen LogP contribution in [-0.2, 0) is 29.1 Å². The van der Waals surface area contributed by atoms with Gasteiger partial charge in [0.05, 0.1) is 35.3 Å². The van der Waals surface area contributed by atoms with Gasteiger partial charge in [0.2, 0.25) is 6.04 Å². The molecule has 0 radical (unpaired) electrons. The molecule has 3 N–H and O–H groups in total. The molecule has 1 amide bonds. The third-order valence-corrected chi connectivity index (χ3v) is 5.82. The number of nitrogens with zero attached hydrogens (tertiary/aromatic N) is 5. The first kappa shape index (κ1) is 27.7. The van der Waals surface area contributed by atoms with E-state index in [4.69, 9.17) is 5.26 Å². The summed E-state index contributed by atoms with van der Waals surface area (Å²) in [6, 6.07) is 11.4. The maximum absolute atomic E-state index is 12.5. The van der Waals surface area contributed by atoms with Gasteiger partial charge in [0, 0.05) is 11.1 Å². The second kappa shape index (κ2) is 12.9. The number of amides is 1. The molecule has 0 spiro atoms. The Hall–Kier alpha value is -3.93. The molecule has 1 atom stereocenters. The molecule has 0 fully saturated rings. The van der Waals surface area contributed by atoms with E-state index in [1.807, 2.05) is 0 Å². The van der Waals surface area contributed by atoms with Gasteiger partial charge in [0.25, 0.3) is 16.0 Å². The minimum absolute atomic E-state index is 0.0551. The maximum Gasteiger partial charge on any atom is 0.296 e. The van der Waals surface area contributed by atoms with Crippen LogP contribution in [0.4, 0.5) is 22.7 Å². The van der Waals surface area contributed by atoms with Crippen LogP contribution in [0, 0.1) is 0 Å². The minimum atomic E-state index is -4.79. The summed E-state index contributed by atoms with van der Waals surface area (Å²) in [6.45, 7) is 1.12. The fourth-order valence-electron chi connectivity index (χ4n) is 2.68. The largest absolute Gasteiger partial charge is 0.322 e. The average molecular weight is 547 g/mol. The van der Waals surface area contributed by atoms with Crippen molar-refractivity contribution in [3.8, 4) is 0 Å². The molecule has 0 aliphatic heterocycles. The van der Waals surface area contributed by atoms with Gasteiger partial charge in [-0.1, -0.05) is 5.04 Å². The van der Waals surface area contributed by atoms with Crippen LogP contribution in [0.25, 0.3) is 0 Å². The molecule has 0 aliphatic carbocycles. The third-order valence-electron chi connectivity index (χ3n) is 4.34. The number of ketones is 1. The lowest BCUT2D eigenvalue weighted by atomic mass is 10.2. The number of benzene rings is 2. The van der Waals surface area contributed by atoms with E-state index >= 15 is 0 Å². The molecule has 1 unspecified atom stereocenters. The molecule has 3 rings (SSSR count). The van der Waals surface area contributed by atoms with Crippen molar-refractivity contribution in [3.05, 3.63) is 67.0 Å². The van der Waals surface area contributed by atoms with Crippen molar-refractivity contribution in [1.82, 2.24) is 4.98 Å². The fourth-order valence-corrected chi connectivity index (χ4v) is 3.68. The summed E-state index contributed by atoms with van der Waals surface area (Å²) in [5, 5.41) is 29.5. The SMILES string of the molecule is CC(=O)C(N=Nc1ccc(N=Nc2ccc(SOOO)cc2)cc1S(=O)(=O)O)C(=O)Nc1cccnc1. The standard InChI is InChI=1S/C21H18N6O8S2/c1-13(28)20(21(29)23-16-3-2-10-22-12-16)27-26-18-9-6-15(11-19(18)37(31,32)33)25-24-14-4-7-17(8-5-14)36-35-34-30/h2-12,20,30H,1H3,(H,23,29)(H,31,32,33). The third kappa shape index (κ3) is 8.31. The average Bonchev–Trinajstić information content (AvgIpc) is 2.87. The predicted octanol–water partition coefficient (Wildman–Crippen LogP) is 4.85. The number of anilines is 1. The van der Waals surface area contributed by atoms with Gasteiger partial charge in [0.1, 0.15) is 10.6 Å². The van der Waals surface area contributed by atoms with Crippen molar-refractivity contribution < 1.29 is 37.2 Å². The molecule has 192 valence electrons. The molecule has 37 heavy (non-hydrogen) atoms. The second-order valence-electron chi connectivity index (χ2n) is 7.01. The summed E-state index contributed by atoms with van der Waals surface area (Å²) < 4.78 is 37.9. The molecule has 0 saturated heterocycles. The van der Waals surface area contributed by atoms with Gasteiger partial charge in [-0.15, -0.1) is 4.33 Å². The number of nitrogens with one attached hydrogen (secondary N) is 1. The number of Topliss-reactive ketones (excluding diaryl/α,β-unsaturated/α-hetero) is 1. The molecular formula is C21H18N6O8S2. The Morgan fingerprint density at radius 3 is 2.38 bits per heavy atom. The van der Waals surface area contributed by atoms with Crippen molar-refractivity contribution in [3.63, 3.8) is 0 Å². The summed E-state index contributed by atoms with van der Waals surface area (Å²) >= 11 is 0.753. The highest BCUT2D eigenvalue weighted by Gasteiger charge is 2.24. The van der Waals surface area contributed by atoms with Gasteiger partial charge in [-0.3, -0.25) is 19.1 Å². The molecule has 14 nitrogen and oxygen atoms in total. The first-order valence-electron chi connectivity index (χ1n) is 10.1. The van der Waals surface area contributed by atoms with Crippen molar-refractivity contribution in [2.75, 3.05) is 5.32 Å². The number of carbonyl (C=O) groups is 2. The Morgan fingerprint density at radius 2 is 1.76 bits per heavy atom. The van der Waals surface area contributed by atoms with E-state index in [0.717, 1.165) is 25.0 Å². The van der Waals surface area contributed by atoms with E-state index in [0.29, 0.717) is 16.3 Å². The number of hydrogen-bond donors (Lipinski definition) is 3. The summed E-state index contributed by atoms with van der Waals surface area (Å²) in [5.74, 6) is -1.45. The zero-order valence-electron chi connectivity index (χ0n) is 18.8. The normalized spacial score (nSPS) is 12.6. The fraction of sp³-hybridized carbons (Fsp3) is 0.0952. The van der Waals surface area contributed by atoms with Crippen LogP contribution < -0.4 is 5.32 Å².